The number of hydrogen-bond acceptors (Lipinski definition) is 2. The Kier molecular flexibility index (Phi) is 2.79. The Hall–Kier alpha value is -1.98. The molecule has 2 heterocycles. The number of alkyl halides is 3. The van der Waals surface area contributed by atoms with Crippen molar-refractivity contribution in [2.24, 2.45) is 0 Å². The molecule has 0 atom stereocenters. The van der Waals surface area contributed by atoms with E-state index in [2.05, 4.69) is 9.97 Å². The van der Waals surface area contributed by atoms with Gasteiger partial charge in [-0.05, 0) is 24.3 Å². The fraction of sp³-hybridized carbons (Fsp3) is 0.0909. The highest BCUT2D eigenvalue weighted by atomic mass is 19.4. The summed E-state index contributed by atoms with van der Waals surface area (Å²) in [6.07, 6.45) is -1.90. The van der Waals surface area contributed by atoms with E-state index in [-0.39, 0.29) is 11.3 Å². The van der Waals surface area contributed by atoms with E-state index in [9.17, 15) is 17.6 Å². The van der Waals surface area contributed by atoms with E-state index in [4.69, 9.17) is 0 Å². The minimum absolute atomic E-state index is 0.205. The summed E-state index contributed by atoms with van der Waals surface area (Å²) in [6.45, 7) is 0. The zero-order valence-electron chi connectivity index (χ0n) is 8.37. The lowest BCUT2D eigenvalue weighted by atomic mass is 10.1. The Bertz CT molecular complexity index is 523. The molecule has 0 aromatic carbocycles. The molecule has 0 aliphatic heterocycles. The van der Waals surface area contributed by atoms with Crippen LogP contribution in [0.3, 0.4) is 0 Å². The topological polar surface area (TPSA) is 25.8 Å². The summed E-state index contributed by atoms with van der Waals surface area (Å²) in [5.74, 6) is -0.814. The van der Waals surface area contributed by atoms with Crippen molar-refractivity contribution < 1.29 is 17.6 Å². The van der Waals surface area contributed by atoms with Crippen molar-refractivity contribution in [1.82, 2.24) is 9.97 Å². The normalized spacial score (nSPS) is 11.5. The van der Waals surface area contributed by atoms with Gasteiger partial charge in [0.25, 0.3) is 0 Å². The van der Waals surface area contributed by atoms with Gasteiger partial charge in [-0.1, -0.05) is 0 Å². The van der Waals surface area contributed by atoms with Crippen molar-refractivity contribution in [2.45, 2.75) is 6.18 Å². The second-order valence-electron chi connectivity index (χ2n) is 3.27. The summed E-state index contributed by atoms with van der Waals surface area (Å²) in [4.78, 5) is 6.98. The molecule has 0 saturated heterocycles. The predicted octanol–water partition coefficient (Wildman–Crippen LogP) is 3.30. The molecule has 2 aromatic rings. The molecule has 2 rings (SSSR count). The van der Waals surface area contributed by atoms with Crippen LogP contribution in [0.25, 0.3) is 11.3 Å². The minimum atomic E-state index is -4.59. The maximum Gasteiger partial charge on any atom is 0.433 e. The largest absolute Gasteiger partial charge is 0.433 e. The molecule has 2 nitrogen and oxygen atoms in total. The molecule has 17 heavy (non-hydrogen) atoms. The molecule has 0 amide bonds. The highest BCUT2D eigenvalue weighted by Gasteiger charge is 2.33. The van der Waals surface area contributed by atoms with Gasteiger partial charge >= 0.3 is 6.18 Å². The van der Waals surface area contributed by atoms with Crippen molar-refractivity contribution in [2.75, 3.05) is 0 Å². The summed E-state index contributed by atoms with van der Waals surface area (Å²) in [5, 5.41) is 0. The number of halogens is 4. The zero-order valence-corrected chi connectivity index (χ0v) is 8.37. The fourth-order valence-electron chi connectivity index (χ4n) is 1.31. The van der Waals surface area contributed by atoms with Crippen LogP contribution in [0.15, 0.2) is 36.7 Å². The first-order valence-corrected chi connectivity index (χ1v) is 4.62. The molecule has 0 saturated carbocycles. The lowest BCUT2D eigenvalue weighted by molar-refractivity contribution is -0.141. The Morgan fingerprint density at radius 2 is 1.82 bits per heavy atom. The average Bonchev–Trinajstić information content (AvgIpc) is 2.29. The van der Waals surface area contributed by atoms with Crippen LogP contribution in [0.4, 0.5) is 17.6 Å². The molecular formula is C11H6F4N2. The van der Waals surface area contributed by atoms with E-state index in [1.165, 1.54) is 24.5 Å². The van der Waals surface area contributed by atoms with Crippen molar-refractivity contribution in [3.05, 3.63) is 48.2 Å². The fourth-order valence-corrected chi connectivity index (χ4v) is 1.31. The van der Waals surface area contributed by atoms with Crippen LogP contribution in [0, 0.1) is 5.82 Å². The first-order chi connectivity index (χ1) is 7.98. The Balaban J connectivity index is 2.55. The summed E-state index contributed by atoms with van der Waals surface area (Å²) in [6, 6.07) is 4.29. The van der Waals surface area contributed by atoms with Crippen molar-refractivity contribution in [3.63, 3.8) is 0 Å². The first kappa shape index (κ1) is 11.5. The van der Waals surface area contributed by atoms with Gasteiger partial charge in [0, 0.05) is 18.0 Å². The van der Waals surface area contributed by atoms with E-state index in [1.54, 1.807) is 0 Å². The molecule has 0 bridgehead atoms. The van der Waals surface area contributed by atoms with Gasteiger partial charge in [0.2, 0.25) is 0 Å². The lowest BCUT2D eigenvalue weighted by Gasteiger charge is -2.08. The van der Waals surface area contributed by atoms with Gasteiger partial charge in [-0.2, -0.15) is 13.2 Å². The lowest BCUT2D eigenvalue weighted by Crippen LogP contribution is -2.09. The van der Waals surface area contributed by atoms with Crippen LogP contribution < -0.4 is 0 Å². The molecule has 0 fully saturated rings. The highest BCUT2D eigenvalue weighted by molar-refractivity contribution is 5.58. The minimum Gasteiger partial charge on any atom is -0.264 e. The molecule has 0 N–H and O–H groups in total. The molecule has 0 radical (unpaired) electrons. The maximum atomic E-state index is 13.4. The third-order valence-electron chi connectivity index (χ3n) is 2.07. The predicted molar refractivity (Wildman–Crippen MR) is 52.4 cm³/mol. The van der Waals surface area contributed by atoms with Crippen molar-refractivity contribution >= 4 is 0 Å². The number of hydrogen-bond donors (Lipinski definition) is 0. The van der Waals surface area contributed by atoms with Crippen LogP contribution in [-0.4, -0.2) is 9.97 Å². The smallest absolute Gasteiger partial charge is 0.264 e. The van der Waals surface area contributed by atoms with Crippen molar-refractivity contribution in [1.29, 1.82) is 0 Å². The van der Waals surface area contributed by atoms with E-state index >= 15 is 0 Å². The van der Waals surface area contributed by atoms with Crippen LogP contribution in [0.2, 0.25) is 0 Å². The SMILES string of the molecule is Fc1ccc(C(F)(F)F)nc1-c1cccnc1. The van der Waals surface area contributed by atoms with Gasteiger partial charge < -0.3 is 0 Å². The number of pyridine rings is 2. The van der Waals surface area contributed by atoms with Crippen LogP contribution in [-0.2, 0) is 6.18 Å². The number of rotatable bonds is 1. The molecule has 0 aliphatic carbocycles. The van der Waals surface area contributed by atoms with E-state index in [1.807, 2.05) is 0 Å². The maximum absolute atomic E-state index is 13.4. The van der Waals surface area contributed by atoms with Gasteiger partial charge in [0.15, 0.2) is 0 Å². The Labute approximate surface area is 94.0 Å². The summed E-state index contributed by atoms with van der Waals surface area (Å²) < 4.78 is 50.6. The molecule has 2 aromatic heterocycles. The van der Waals surface area contributed by atoms with Crippen LogP contribution >= 0.6 is 0 Å². The number of nitrogens with zero attached hydrogens (tertiary/aromatic N) is 2. The van der Waals surface area contributed by atoms with Gasteiger partial charge in [-0.3, -0.25) is 4.98 Å². The van der Waals surface area contributed by atoms with Gasteiger partial charge in [0.05, 0.1) is 0 Å². The molecule has 88 valence electrons. The Morgan fingerprint density at radius 3 is 2.41 bits per heavy atom. The second-order valence-corrected chi connectivity index (χ2v) is 3.27. The molecular weight excluding hydrogens is 236 g/mol. The summed E-state index contributed by atoms with van der Waals surface area (Å²) in [5.41, 5.74) is -1.28. The molecule has 6 heteroatoms. The Morgan fingerprint density at radius 1 is 1.06 bits per heavy atom. The molecule has 0 spiro atoms. The van der Waals surface area contributed by atoms with E-state index in [0.717, 1.165) is 6.07 Å². The van der Waals surface area contributed by atoms with Gasteiger partial charge in [-0.15, -0.1) is 0 Å². The standard InChI is InChI=1S/C11H6F4N2/c12-8-3-4-9(11(13,14)15)17-10(8)7-2-1-5-16-6-7/h1-6H. The third kappa shape index (κ3) is 2.41. The van der Waals surface area contributed by atoms with E-state index in [0.29, 0.717) is 6.07 Å². The molecule has 0 unspecified atom stereocenters. The highest BCUT2D eigenvalue weighted by Crippen LogP contribution is 2.30. The van der Waals surface area contributed by atoms with Crippen LogP contribution in [0.1, 0.15) is 5.69 Å². The second kappa shape index (κ2) is 4.12. The average molecular weight is 242 g/mol. The van der Waals surface area contributed by atoms with Gasteiger partial charge in [0.1, 0.15) is 17.2 Å². The number of aromatic nitrogens is 2. The molecule has 0 aliphatic rings. The van der Waals surface area contributed by atoms with Crippen LogP contribution in [0.5, 0.6) is 0 Å². The van der Waals surface area contributed by atoms with Crippen molar-refractivity contribution in [3.8, 4) is 11.3 Å². The summed E-state index contributed by atoms with van der Waals surface area (Å²) in [7, 11) is 0. The van der Waals surface area contributed by atoms with Gasteiger partial charge in [-0.25, -0.2) is 9.37 Å². The quantitative estimate of drug-likeness (QED) is 0.717. The van der Waals surface area contributed by atoms with E-state index < -0.39 is 17.7 Å². The monoisotopic (exact) mass is 242 g/mol. The first-order valence-electron chi connectivity index (χ1n) is 4.62. The third-order valence-corrected chi connectivity index (χ3v) is 2.07. The summed E-state index contributed by atoms with van der Waals surface area (Å²) >= 11 is 0. The zero-order chi connectivity index (χ0) is 12.5.